The molecule has 8 aromatic rings. The second-order valence-corrected chi connectivity index (χ2v) is 21.1. The molecule has 290 valence electrons. The second kappa shape index (κ2) is 12.0. The molecule has 0 atom stereocenters. The van der Waals surface area contributed by atoms with Crippen LogP contribution in [0.4, 0.5) is 17.1 Å². The Labute approximate surface area is 344 Å². The van der Waals surface area contributed by atoms with Crippen molar-refractivity contribution >= 4 is 73.1 Å². The Morgan fingerprint density at radius 1 is 0.448 bits per heavy atom. The van der Waals surface area contributed by atoms with Crippen molar-refractivity contribution in [2.24, 2.45) is 0 Å². The molecule has 2 aliphatic heterocycles. The van der Waals surface area contributed by atoms with Gasteiger partial charge in [0.25, 0.3) is 6.71 Å². The van der Waals surface area contributed by atoms with E-state index >= 15 is 0 Å². The zero-order valence-electron chi connectivity index (χ0n) is 36.3. The number of fused-ring (bicyclic) bond motifs is 9. The van der Waals surface area contributed by atoms with Crippen LogP contribution in [0.2, 0.25) is 0 Å². The summed E-state index contributed by atoms with van der Waals surface area (Å²) in [5, 5.41) is 2.35. The van der Waals surface area contributed by atoms with Crippen LogP contribution in [0.15, 0.2) is 120 Å². The molecule has 0 N–H and O–H groups in total. The minimum Gasteiger partial charge on any atom is -0.454 e. The highest BCUT2D eigenvalue weighted by Gasteiger charge is 2.45. The molecule has 2 aromatic heterocycles. The Morgan fingerprint density at radius 2 is 1.03 bits per heavy atom. The average Bonchev–Trinajstić information content (AvgIpc) is 3.70. The Kier molecular flexibility index (Phi) is 7.65. The molecule has 0 aliphatic carbocycles. The molecule has 0 unspecified atom stereocenters. The molecule has 4 heterocycles. The molecule has 6 aromatic carbocycles. The van der Waals surface area contributed by atoms with Gasteiger partial charge < -0.3 is 13.9 Å². The molecule has 0 radical (unpaired) electrons. The van der Waals surface area contributed by atoms with Crippen LogP contribution in [-0.2, 0) is 21.7 Å². The van der Waals surface area contributed by atoms with Gasteiger partial charge in [0.05, 0.1) is 11.2 Å². The molecule has 0 bridgehead atoms. The predicted octanol–water partition coefficient (Wildman–Crippen LogP) is 13.0. The third-order valence-electron chi connectivity index (χ3n) is 13.0. The molecular formula is C54H55BN2O. The summed E-state index contributed by atoms with van der Waals surface area (Å²) in [4.78, 5) is 2.63. The Bertz CT molecular complexity index is 2990. The highest BCUT2D eigenvalue weighted by atomic mass is 16.3. The van der Waals surface area contributed by atoms with Crippen LogP contribution < -0.4 is 21.3 Å². The minimum atomic E-state index is -0.112. The van der Waals surface area contributed by atoms with Crippen LogP contribution in [0, 0.1) is 0 Å². The third kappa shape index (κ3) is 5.40. The maximum Gasteiger partial charge on any atom is 0.252 e. The fourth-order valence-electron chi connectivity index (χ4n) is 9.61. The van der Waals surface area contributed by atoms with E-state index in [-0.39, 0.29) is 28.4 Å². The van der Waals surface area contributed by atoms with E-state index < -0.39 is 0 Å². The molecule has 0 fully saturated rings. The lowest BCUT2D eigenvalue weighted by molar-refractivity contribution is 0.589. The van der Waals surface area contributed by atoms with E-state index in [2.05, 4.69) is 208 Å². The van der Waals surface area contributed by atoms with Gasteiger partial charge in [-0.25, -0.2) is 0 Å². The number of rotatable bonds is 2. The molecule has 3 nitrogen and oxygen atoms in total. The molecule has 2 aliphatic rings. The molecule has 4 heteroatoms. The van der Waals surface area contributed by atoms with Crippen molar-refractivity contribution in [2.75, 3.05) is 4.90 Å². The maximum absolute atomic E-state index is 6.91. The van der Waals surface area contributed by atoms with Gasteiger partial charge in [-0.05, 0) is 114 Å². The summed E-state index contributed by atoms with van der Waals surface area (Å²) in [5.41, 5.74) is 20.8. The zero-order chi connectivity index (χ0) is 40.8. The van der Waals surface area contributed by atoms with Crippen molar-refractivity contribution in [3.05, 3.63) is 138 Å². The lowest BCUT2D eigenvalue weighted by atomic mass is 9.33. The van der Waals surface area contributed by atoms with E-state index in [1.54, 1.807) is 0 Å². The second-order valence-electron chi connectivity index (χ2n) is 21.1. The van der Waals surface area contributed by atoms with E-state index in [0.29, 0.717) is 0 Å². The van der Waals surface area contributed by atoms with Crippen molar-refractivity contribution in [2.45, 2.75) is 105 Å². The number of anilines is 3. The summed E-state index contributed by atoms with van der Waals surface area (Å²) in [6.45, 7) is 28.1. The maximum atomic E-state index is 6.91. The molecule has 0 spiro atoms. The molecule has 58 heavy (non-hydrogen) atoms. The standard InChI is InChI=1S/C54H55BN2O/c1-51(2,3)33-23-25-42(38(26-33)32-18-14-13-15-19-32)56-43-29-34(52(4,5)6)22-24-40(43)55-41-28-35(53(7,8)9)27-39-48(41)57(49-37-20-16-17-21-46(37)58-50(39)49)45-31-36(54(10,11)12)30-44(56)47(45)55/h13-31H,1-12H3. The number of nitrogens with zero attached hydrogens (tertiary/aromatic N) is 2. The first-order valence-electron chi connectivity index (χ1n) is 21.1. The van der Waals surface area contributed by atoms with Crippen LogP contribution in [0.3, 0.4) is 0 Å². The van der Waals surface area contributed by atoms with Gasteiger partial charge in [0.1, 0.15) is 11.1 Å². The van der Waals surface area contributed by atoms with Crippen LogP contribution in [0.25, 0.3) is 49.8 Å². The van der Waals surface area contributed by atoms with E-state index in [9.17, 15) is 0 Å². The number of hydrogen-bond acceptors (Lipinski definition) is 2. The first kappa shape index (κ1) is 36.8. The van der Waals surface area contributed by atoms with E-state index in [4.69, 9.17) is 4.42 Å². The van der Waals surface area contributed by atoms with Gasteiger partial charge in [0.15, 0.2) is 5.58 Å². The zero-order valence-corrected chi connectivity index (χ0v) is 36.3. The van der Waals surface area contributed by atoms with Crippen LogP contribution in [0.1, 0.15) is 105 Å². The largest absolute Gasteiger partial charge is 0.454 e. The third-order valence-corrected chi connectivity index (χ3v) is 13.0. The molecule has 0 amide bonds. The van der Waals surface area contributed by atoms with Gasteiger partial charge in [-0.3, -0.25) is 0 Å². The number of furan rings is 1. The molecule has 0 saturated carbocycles. The SMILES string of the molecule is CC(C)(C)c1ccc(N2c3cc(C(C)(C)C)ccc3B3c4c2cc(C(C)(C)C)cc4-n2c4c3cc(C(C)(C)C)cc4c3oc4ccccc4c32)c(-c2ccccc2)c1. The topological polar surface area (TPSA) is 21.3 Å². The quantitative estimate of drug-likeness (QED) is 0.164. The van der Waals surface area contributed by atoms with E-state index in [1.165, 1.54) is 83.4 Å². The smallest absolute Gasteiger partial charge is 0.252 e. The van der Waals surface area contributed by atoms with Gasteiger partial charge in [0, 0.05) is 33.4 Å². The normalized spacial score (nSPS) is 14.1. The van der Waals surface area contributed by atoms with Crippen LogP contribution in [-0.4, -0.2) is 11.3 Å². The summed E-state index contributed by atoms with van der Waals surface area (Å²) < 4.78 is 9.49. The van der Waals surface area contributed by atoms with Gasteiger partial charge in [-0.15, -0.1) is 0 Å². The fraction of sp³-hybridized carbons (Fsp3) is 0.296. The van der Waals surface area contributed by atoms with Gasteiger partial charge in [-0.2, -0.15) is 0 Å². The highest BCUT2D eigenvalue weighted by Crippen LogP contribution is 2.49. The Balaban J connectivity index is 1.42. The number of aromatic nitrogens is 1. The monoisotopic (exact) mass is 758 g/mol. The van der Waals surface area contributed by atoms with Crippen molar-refractivity contribution in [3.63, 3.8) is 0 Å². The summed E-state index contributed by atoms with van der Waals surface area (Å²) in [6, 6.07) is 44.1. The Morgan fingerprint density at radius 3 is 1.72 bits per heavy atom. The van der Waals surface area contributed by atoms with Gasteiger partial charge in [0.2, 0.25) is 0 Å². The lowest BCUT2D eigenvalue weighted by Crippen LogP contribution is -2.60. The van der Waals surface area contributed by atoms with Crippen LogP contribution in [0.5, 0.6) is 0 Å². The predicted molar refractivity (Wildman–Crippen MR) is 250 cm³/mol. The highest BCUT2D eigenvalue weighted by molar-refractivity contribution is 7.00. The average molecular weight is 759 g/mol. The van der Waals surface area contributed by atoms with Gasteiger partial charge in [-0.1, -0.05) is 150 Å². The van der Waals surface area contributed by atoms with Crippen molar-refractivity contribution in [1.82, 2.24) is 4.57 Å². The lowest BCUT2D eigenvalue weighted by Gasteiger charge is -2.43. The molecule has 0 saturated heterocycles. The fourth-order valence-corrected chi connectivity index (χ4v) is 9.61. The van der Waals surface area contributed by atoms with Crippen LogP contribution >= 0.6 is 0 Å². The summed E-state index contributed by atoms with van der Waals surface area (Å²) >= 11 is 0. The van der Waals surface area contributed by atoms with Crippen molar-refractivity contribution < 1.29 is 4.42 Å². The first-order chi connectivity index (χ1) is 27.3. The van der Waals surface area contributed by atoms with E-state index in [1.807, 2.05) is 0 Å². The summed E-state index contributed by atoms with van der Waals surface area (Å²) in [5.74, 6) is 0. The summed E-state index contributed by atoms with van der Waals surface area (Å²) in [6.07, 6.45) is 0. The van der Waals surface area contributed by atoms with Crippen molar-refractivity contribution in [3.8, 4) is 16.8 Å². The number of benzene rings is 6. The van der Waals surface area contributed by atoms with Crippen molar-refractivity contribution in [1.29, 1.82) is 0 Å². The number of hydrogen-bond donors (Lipinski definition) is 0. The molecule has 10 rings (SSSR count). The first-order valence-corrected chi connectivity index (χ1v) is 21.1. The minimum absolute atomic E-state index is 0.00924. The molecular weight excluding hydrogens is 703 g/mol. The summed E-state index contributed by atoms with van der Waals surface area (Å²) in [7, 11) is 0. The van der Waals surface area contributed by atoms with E-state index in [0.717, 1.165) is 22.1 Å². The van der Waals surface area contributed by atoms with Gasteiger partial charge >= 0.3 is 0 Å². The number of para-hydroxylation sites is 1. The Hall–Kier alpha value is -5.48.